The summed E-state index contributed by atoms with van der Waals surface area (Å²) in [5, 5.41) is 0. The van der Waals surface area contributed by atoms with E-state index in [4.69, 9.17) is 0 Å². The number of rotatable bonds is 3. The zero-order valence-electron chi connectivity index (χ0n) is 14.7. The molecular weight excluding hydrogens is 352 g/mol. The highest BCUT2D eigenvalue weighted by Crippen LogP contribution is 2.25. The van der Waals surface area contributed by atoms with Crippen LogP contribution in [-0.4, -0.2) is 44.0 Å². The number of benzene rings is 2. The molecule has 0 unspecified atom stereocenters. The van der Waals surface area contributed by atoms with Gasteiger partial charge in [-0.2, -0.15) is 0 Å². The number of amides is 2. The van der Waals surface area contributed by atoms with Crippen LogP contribution < -0.4 is 14.7 Å². The molecule has 140 valence electrons. The number of nitrogens with zero attached hydrogens (tertiary/aromatic N) is 2. The zero-order valence-corrected chi connectivity index (χ0v) is 14.7. The second kappa shape index (κ2) is 7.08. The summed E-state index contributed by atoms with van der Waals surface area (Å²) in [5.74, 6) is -1.54. The van der Waals surface area contributed by atoms with E-state index < -0.39 is 11.9 Å². The maximum absolute atomic E-state index is 14.0. The van der Waals surface area contributed by atoms with Crippen molar-refractivity contribution in [1.29, 1.82) is 0 Å². The van der Waals surface area contributed by atoms with E-state index >= 15 is 0 Å². The summed E-state index contributed by atoms with van der Waals surface area (Å²) < 4.78 is 27.1. The van der Waals surface area contributed by atoms with Crippen LogP contribution in [0.5, 0.6) is 0 Å². The molecule has 27 heavy (non-hydrogen) atoms. The standard InChI is InChI=1S/C20H19F2N3O2/c21-14-5-7-15(8-6-14)23-9-11-24(12-10-23)18-13-19(26)25(20(18)27)17-4-2-1-3-16(17)22/h1-8,18H,9-13H2/p+1/t18-/m1/s1. The van der Waals surface area contributed by atoms with Crippen molar-refractivity contribution >= 4 is 23.2 Å². The molecule has 5 nitrogen and oxygen atoms in total. The summed E-state index contributed by atoms with van der Waals surface area (Å²) in [4.78, 5) is 29.4. The quantitative estimate of drug-likeness (QED) is 0.818. The van der Waals surface area contributed by atoms with Crippen molar-refractivity contribution in [3.05, 3.63) is 60.2 Å². The summed E-state index contributed by atoms with van der Waals surface area (Å²) in [6, 6.07) is 11.7. The van der Waals surface area contributed by atoms with E-state index in [2.05, 4.69) is 4.90 Å². The van der Waals surface area contributed by atoms with Gasteiger partial charge in [-0.3, -0.25) is 9.59 Å². The maximum atomic E-state index is 14.0. The maximum Gasteiger partial charge on any atom is 0.292 e. The molecule has 1 atom stereocenters. The van der Waals surface area contributed by atoms with Gasteiger partial charge in [0.05, 0.1) is 38.3 Å². The largest absolute Gasteiger partial charge is 0.360 e. The third-order valence-electron chi connectivity index (χ3n) is 5.33. The minimum Gasteiger partial charge on any atom is -0.360 e. The minimum atomic E-state index is -0.573. The lowest BCUT2D eigenvalue weighted by atomic mass is 10.1. The van der Waals surface area contributed by atoms with Crippen LogP contribution in [0.25, 0.3) is 0 Å². The molecule has 2 aromatic carbocycles. The van der Waals surface area contributed by atoms with Gasteiger partial charge in [0.25, 0.3) is 5.91 Å². The molecule has 0 radical (unpaired) electrons. The average Bonchev–Trinajstić information content (AvgIpc) is 2.97. The van der Waals surface area contributed by atoms with E-state index in [1.54, 1.807) is 18.2 Å². The van der Waals surface area contributed by atoms with Crippen LogP contribution in [0.15, 0.2) is 48.5 Å². The Morgan fingerprint density at radius 2 is 1.59 bits per heavy atom. The molecule has 0 saturated carbocycles. The van der Waals surface area contributed by atoms with Crippen LogP contribution in [0.4, 0.5) is 20.2 Å². The van der Waals surface area contributed by atoms with Crippen molar-refractivity contribution < 1.29 is 23.3 Å². The molecule has 2 amide bonds. The molecule has 2 fully saturated rings. The number of hydrogen-bond acceptors (Lipinski definition) is 3. The number of hydrogen-bond donors (Lipinski definition) is 1. The lowest BCUT2D eigenvalue weighted by Gasteiger charge is -2.35. The van der Waals surface area contributed by atoms with Gasteiger partial charge in [-0.15, -0.1) is 0 Å². The number of imide groups is 1. The van der Waals surface area contributed by atoms with Crippen molar-refractivity contribution in [2.45, 2.75) is 12.5 Å². The van der Waals surface area contributed by atoms with Gasteiger partial charge in [0.2, 0.25) is 5.91 Å². The Morgan fingerprint density at radius 1 is 0.926 bits per heavy atom. The first-order valence-electron chi connectivity index (χ1n) is 9.01. The van der Waals surface area contributed by atoms with Gasteiger partial charge in [0, 0.05) is 5.69 Å². The lowest BCUT2D eigenvalue weighted by Crippen LogP contribution is -3.19. The molecule has 4 rings (SSSR count). The number of quaternary nitrogens is 1. The molecule has 0 spiro atoms. The summed E-state index contributed by atoms with van der Waals surface area (Å²) in [7, 11) is 0. The van der Waals surface area contributed by atoms with E-state index in [0.717, 1.165) is 15.5 Å². The third kappa shape index (κ3) is 3.30. The van der Waals surface area contributed by atoms with Crippen LogP contribution in [-0.2, 0) is 9.59 Å². The highest BCUT2D eigenvalue weighted by atomic mass is 19.1. The second-order valence-electron chi connectivity index (χ2n) is 6.90. The Morgan fingerprint density at radius 3 is 2.26 bits per heavy atom. The Kier molecular flexibility index (Phi) is 4.61. The molecule has 2 aliphatic heterocycles. The highest BCUT2D eigenvalue weighted by molar-refractivity contribution is 6.21. The predicted molar refractivity (Wildman–Crippen MR) is 96.6 cm³/mol. The van der Waals surface area contributed by atoms with E-state index in [0.29, 0.717) is 26.2 Å². The minimum absolute atomic E-state index is 0.0272. The lowest BCUT2D eigenvalue weighted by molar-refractivity contribution is -0.915. The number of piperazine rings is 1. The normalized spacial score (nSPS) is 21.2. The van der Waals surface area contributed by atoms with Crippen LogP contribution >= 0.6 is 0 Å². The third-order valence-corrected chi connectivity index (χ3v) is 5.33. The van der Waals surface area contributed by atoms with Crippen molar-refractivity contribution in [3.63, 3.8) is 0 Å². The summed E-state index contributed by atoms with van der Waals surface area (Å²) in [5.41, 5.74) is 0.969. The van der Waals surface area contributed by atoms with Crippen molar-refractivity contribution in [2.75, 3.05) is 36.0 Å². The Bertz CT molecular complexity index is 864. The van der Waals surface area contributed by atoms with E-state index in [1.165, 1.54) is 30.3 Å². The molecule has 0 aliphatic carbocycles. The molecule has 2 heterocycles. The van der Waals surface area contributed by atoms with E-state index in [1.807, 2.05) is 0 Å². The average molecular weight is 372 g/mol. The van der Waals surface area contributed by atoms with Gasteiger partial charge in [-0.1, -0.05) is 12.1 Å². The SMILES string of the molecule is O=C1C[C@@H]([NH+]2CCN(c3ccc(F)cc3)CC2)C(=O)N1c1ccccc1F. The van der Waals surface area contributed by atoms with E-state index in [9.17, 15) is 18.4 Å². The monoisotopic (exact) mass is 372 g/mol. The van der Waals surface area contributed by atoms with E-state index in [-0.39, 0.29) is 29.7 Å². The topological polar surface area (TPSA) is 45.1 Å². The first-order valence-corrected chi connectivity index (χ1v) is 9.01. The van der Waals surface area contributed by atoms with Crippen LogP contribution in [0, 0.1) is 11.6 Å². The van der Waals surface area contributed by atoms with Gasteiger partial charge in [-0.25, -0.2) is 13.7 Å². The zero-order chi connectivity index (χ0) is 19.0. The van der Waals surface area contributed by atoms with Gasteiger partial charge >= 0.3 is 0 Å². The Balaban J connectivity index is 1.45. The van der Waals surface area contributed by atoms with Gasteiger partial charge in [0.15, 0.2) is 6.04 Å². The van der Waals surface area contributed by atoms with Gasteiger partial charge in [-0.05, 0) is 36.4 Å². The number of carbonyl (C=O) groups is 2. The molecule has 1 N–H and O–H groups in total. The van der Waals surface area contributed by atoms with Crippen LogP contribution in [0.2, 0.25) is 0 Å². The van der Waals surface area contributed by atoms with Crippen molar-refractivity contribution in [2.24, 2.45) is 0 Å². The van der Waals surface area contributed by atoms with Crippen LogP contribution in [0.3, 0.4) is 0 Å². The number of anilines is 2. The summed E-state index contributed by atoms with van der Waals surface area (Å²) >= 11 is 0. The molecule has 2 aromatic rings. The highest BCUT2D eigenvalue weighted by Gasteiger charge is 2.47. The van der Waals surface area contributed by atoms with Crippen molar-refractivity contribution in [3.8, 4) is 0 Å². The molecule has 2 saturated heterocycles. The number of para-hydroxylation sites is 1. The first kappa shape index (κ1) is 17.6. The summed E-state index contributed by atoms with van der Waals surface area (Å²) in [6.07, 6.45) is 0.0963. The van der Waals surface area contributed by atoms with Gasteiger partial charge < -0.3 is 9.80 Å². The Labute approximate surface area is 155 Å². The smallest absolute Gasteiger partial charge is 0.292 e. The molecular formula is C20H20F2N3O2+. The Hall–Kier alpha value is -2.80. The number of nitrogens with one attached hydrogen (secondary N) is 1. The fraction of sp³-hybridized carbons (Fsp3) is 0.300. The van der Waals surface area contributed by atoms with Gasteiger partial charge in [0.1, 0.15) is 11.6 Å². The number of halogens is 2. The van der Waals surface area contributed by atoms with Crippen LogP contribution in [0.1, 0.15) is 6.42 Å². The number of carbonyl (C=O) groups excluding carboxylic acids is 2. The molecule has 2 aliphatic rings. The molecule has 7 heteroatoms. The molecule has 0 aromatic heterocycles. The first-order chi connectivity index (χ1) is 13.0. The summed E-state index contributed by atoms with van der Waals surface area (Å²) in [6.45, 7) is 2.79. The predicted octanol–water partition coefficient (Wildman–Crippen LogP) is 1.00. The fourth-order valence-corrected chi connectivity index (χ4v) is 3.89. The fourth-order valence-electron chi connectivity index (χ4n) is 3.89. The molecule has 0 bridgehead atoms. The van der Waals surface area contributed by atoms with Crippen molar-refractivity contribution in [1.82, 2.24) is 0 Å². The second-order valence-corrected chi connectivity index (χ2v) is 6.90.